The third-order valence-electron chi connectivity index (χ3n) is 6.86. The van der Waals surface area contributed by atoms with Gasteiger partial charge in [-0.3, -0.25) is 19.5 Å². The lowest BCUT2D eigenvalue weighted by atomic mass is 9.94. The fourth-order valence-corrected chi connectivity index (χ4v) is 5.07. The fraction of sp³-hybridized carbons (Fsp3) is 0.276. The van der Waals surface area contributed by atoms with Gasteiger partial charge in [0.2, 0.25) is 11.8 Å². The van der Waals surface area contributed by atoms with Gasteiger partial charge in [-0.05, 0) is 55.3 Å². The molecule has 1 aliphatic rings. The van der Waals surface area contributed by atoms with Gasteiger partial charge < -0.3 is 9.88 Å². The molecule has 2 aromatic carbocycles. The maximum absolute atomic E-state index is 15.2. The molecule has 1 atom stereocenters. The number of nitrogens with one attached hydrogen (secondary N) is 1. The minimum Gasteiger partial charge on any atom is -0.351 e. The summed E-state index contributed by atoms with van der Waals surface area (Å²) >= 11 is 0. The molecule has 0 spiro atoms. The zero-order chi connectivity index (χ0) is 25.8. The van der Waals surface area contributed by atoms with Gasteiger partial charge in [0, 0.05) is 29.7 Å². The van der Waals surface area contributed by atoms with Gasteiger partial charge in [0.1, 0.15) is 24.2 Å². The lowest BCUT2D eigenvalue weighted by Crippen LogP contribution is -2.48. The predicted octanol–water partition coefficient (Wildman–Crippen LogP) is 5.54. The number of halogens is 2. The average Bonchev–Trinajstić information content (AvgIpc) is 3.31. The molecule has 0 bridgehead atoms. The Morgan fingerprint density at radius 3 is 2.59 bits per heavy atom. The number of rotatable bonds is 7. The second kappa shape index (κ2) is 10.9. The summed E-state index contributed by atoms with van der Waals surface area (Å²) in [5.41, 5.74) is 1.68. The normalized spacial score (nSPS) is 14.9. The number of pyridine rings is 1. The molecule has 0 radical (unpaired) electrons. The highest BCUT2D eigenvalue weighted by atomic mass is 19.1. The van der Waals surface area contributed by atoms with Crippen molar-refractivity contribution in [2.75, 3.05) is 4.90 Å². The highest BCUT2D eigenvalue weighted by molar-refractivity contribution is 6.01. The largest absolute Gasteiger partial charge is 0.351 e. The quantitative estimate of drug-likeness (QED) is 0.361. The molecule has 1 fully saturated rings. The molecule has 1 aliphatic carbocycles. The summed E-state index contributed by atoms with van der Waals surface area (Å²) in [4.78, 5) is 33.3. The van der Waals surface area contributed by atoms with Gasteiger partial charge in [0.05, 0.1) is 11.0 Å². The van der Waals surface area contributed by atoms with Crippen LogP contribution >= 0.6 is 0 Å². The van der Waals surface area contributed by atoms with E-state index in [1.807, 2.05) is 6.07 Å². The topological polar surface area (TPSA) is 67.2 Å². The lowest BCUT2D eigenvalue weighted by Gasteiger charge is -2.33. The van der Waals surface area contributed by atoms with E-state index in [-0.39, 0.29) is 23.8 Å². The summed E-state index contributed by atoms with van der Waals surface area (Å²) in [6.07, 6.45) is 8.15. The van der Waals surface area contributed by atoms with Crippen molar-refractivity contribution in [2.45, 2.75) is 50.7 Å². The number of carbonyl (C=O) groups is 2. The molecule has 1 saturated carbocycles. The summed E-state index contributed by atoms with van der Waals surface area (Å²) in [6.45, 7) is -0.145. The number of fused-ring (bicyclic) bond motifs is 1. The molecule has 0 saturated heterocycles. The van der Waals surface area contributed by atoms with Crippen molar-refractivity contribution in [1.82, 2.24) is 14.9 Å². The first-order valence-electron chi connectivity index (χ1n) is 12.5. The Labute approximate surface area is 213 Å². The van der Waals surface area contributed by atoms with E-state index in [1.54, 1.807) is 41.2 Å². The van der Waals surface area contributed by atoms with Gasteiger partial charge in [-0.15, -0.1) is 0 Å². The van der Waals surface area contributed by atoms with E-state index in [2.05, 4.69) is 10.3 Å². The average molecular weight is 503 g/mol. The Morgan fingerprint density at radius 2 is 1.81 bits per heavy atom. The van der Waals surface area contributed by atoms with Gasteiger partial charge in [-0.25, -0.2) is 8.78 Å². The first-order valence-corrected chi connectivity index (χ1v) is 12.5. The number of carbonyl (C=O) groups excluding carboxylic acids is 2. The van der Waals surface area contributed by atoms with Crippen LogP contribution in [0.4, 0.5) is 14.5 Å². The number of hydrogen-bond acceptors (Lipinski definition) is 3. The van der Waals surface area contributed by atoms with Crippen molar-refractivity contribution in [1.29, 1.82) is 0 Å². The maximum Gasteiger partial charge on any atom is 0.248 e. The van der Waals surface area contributed by atoms with E-state index in [4.69, 9.17) is 0 Å². The first kappa shape index (κ1) is 24.6. The first-order chi connectivity index (χ1) is 18.0. The highest BCUT2D eigenvalue weighted by Crippen LogP contribution is 2.31. The van der Waals surface area contributed by atoms with Crippen LogP contribution in [-0.4, -0.2) is 27.4 Å². The smallest absolute Gasteiger partial charge is 0.248 e. The zero-order valence-corrected chi connectivity index (χ0v) is 20.3. The van der Waals surface area contributed by atoms with Crippen LogP contribution in [0, 0.1) is 11.6 Å². The SMILES string of the molecule is O=C(NC1CCCCC1)C(c1ccccc1F)N(C(=O)Cn1ccc2ncccc21)c1cccc(F)c1. The molecule has 190 valence electrons. The van der Waals surface area contributed by atoms with Crippen LogP contribution in [0.1, 0.15) is 43.7 Å². The molecule has 0 aliphatic heterocycles. The van der Waals surface area contributed by atoms with Crippen LogP contribution in [-0.2, 0) is 16.1 Å². The Bertz CT molecular complexity index is 1410. The van der Waals surface area contributed by atoms with Crippen molar-refractivity contribution in [3.63, 3.8) is 0 Å². The van der Waals surface area contributed by atoms with Crippen LogP contribution < -0.4 is 10.2 Å². The molecule has 4 aromatic rings. The summed E-state index contributed by atoms with van der Waals surface area (Å²) in [6, 6.07) is 15.4. The van der Waals surface area contributed by atoms with Gasteiger partial charge >= 0.3 is 0 Å². The van der Waals surface area contributed by atoms with E-state index in [0.29, 0.717) is 5.52 Å². The van der Waals surface area contributed by atoms with Crippen molar-refractivity contribution < 1.29 is 18.4 Å². The molecule has 5 rings (SSSR count). The monoisotopic (exact) mass is 502 g/mol. The Kier molecular flexibility index (Phi) is 7.25. The molecular weight excluding hydrogens is 474 g/mol. The Hall–Kier alpha value is -4.07. The summed E-state index contributed by atoms with van der Waals surface area (Å²) in [5.74, 6) is -2.16. The summed E-state index contributed by atoms with van der Waals surface area (Å²) < 4.78 is 31.3. The van der Waals surface area contributed by atoms with Crippen molar-refractivity contribution in [3.8, 4) is 0 Å². The molecule has 2 heterocycles. The minimum absolute atomic E-state index is 0.0486. The molecule has 37 heavy (non-hydrogen) atoms. The number of aromatic nitrogens is 2. The summed E-state index contributed by atoms with van der Waals surface area (Å²) in [7, 11) is 0. The van der Waals surface area contributed by atoms with Crippen LogP contribution in [0.2, 0.25) is 0 Å². The van der Waals surface area contributed by atoms with Crippen molar-refractivity contribution in [2.24, 2.45) is 0 Å². The Morgan fingerprint density at radius 1 is 1.00 bits per heavy atom. The molecular formula is C29H28F2N4O2. The van der Waals surface area contributed by atoms with Crippen LogP contribution in [0.15, 0.2) is 79.1 Å². The van der Waals surface area contributed by atoms with E-state index in [1.165, 1.54) is 41.3 Å². The second-order valence-electron chi connectivity index (χ2n) is 9.36. The highest BCUT2D eigenvalue weighted by Gasteiger charge is 2.36. The minimum atomic E-state index is -1.32. The summed E-state index contributed by atoms with van der Waals surface area (Å²) in [5, 5.41) is 3.04. The van der Waals surface area contributed by atoms with E-state index in [9.17, 15) is 14.0 Å². The van der Waals surface area contributed by atoms with Gasteiger partial charge in [0.25, 0.3) is 0 Å². The lowest BCUT2D eigenvalue weighted by molar-refractivity contribution is -0.127. The van der Waals surface area contributed by atoms with Crippen LogP contribution in [0.5, 0.6) is 0 Å². The zero-order valence-electron chi connectivity index (χ0n) is 20.3. The third-order valence-corrected chi connectivity index (χ3v) is 6.86. The van der Waals surface area contributed by atoms with Crippen LogP contribution in [0.25, 0.3) is 11.0 Å². The van der Waals surface area contributed by atoms with E-state index in [0.717, 1.165) is 37.6 Å². The molecule has 6 nitrogen and oxygen atoms in total. The van der Waals surface area contributed by atoms with E-state index >= 15 is 4.39 Å². The van der Waals surface area contributed by atoms with Gasteiger partial charge in [-0.2, -0.15) is 0 Å². The number of hydrogen-bond donors (Lipinski definition) is 1. The molecule has 1 unspecified atom stereocenters. The number of anilines is 1. The third kappa shape index (κ3) is 5.38. The molecule has 8 heteroatoms. The number of nitrogens with zero attached hydrogens (tertiary/aromatic N) is 3. The molecule has 2 amide bonds. The fourth-order valence-electron chi connectivity index (χ4n) is 5.07. The maximum atomic E-state index is 15.2. The molecule has 1 N–H and O–H groups in total. The van der Waals surface area contributed by atoms with E-state index < -0.39 is 29.5 Å². The molecule has 2 aromatic heterocycles. The Balaban J connectivity index is 1.57. The van der Waals surface area contributed by atoms with Crippen molar-refractivity contribution >= 4 is 28.5 Å². The standard InChI is InChI=1S/C29H28F2N4O2/c30-20-8-6-11-22(18-20)35(27(36)19-34-17-15-25-26(34)14-7-16-32-25)28(23-12-4-5-13-24(23)31)29(37)33-21-9-2-1-3-10-21/h4-8,11-18,21,28H,1-3,9-10,19H2,(H,33,37). The number of amides is 2. The predicted molar refractivity (Wildman–Crippen MR) is 138 cm³/mol. The second-order valence-corrected chi connectivity index (χ2v) is 9.36. The van der Waals surface area contributed by atoms with Crippen molar-refractivity contribution in [3.05, 3.63) is 96.3 Å². The number of benzene rings is 2. The van der Waals surface area contributed by atoms with Gasteiger partial charge in [0.15, 0.2) is 0 Å². The van der Waals surface area contributed by atoms with Gasteiger partial charge in [-0.1, -0.05) is 43.5 Å². The van der Waals surface area contributed by atoms with Crippen LogP contribution in [0.3, 0.4) is 0 Å².